The fraction of sp³-hybridized carbons (Fsp3) is 1.00. The molecular formula is C17H36N2. The molecule has 1 aliphatic rings. The molecule has 0 amide bonds. The Balaban J connectivity index is 2.90. The van der Waals surface area contributed by atoms with Gasteiger partial charge in [0.1, 0.15) is 0 Å². The molecule has 0 saturated heterocycles. The molecule has 2 heteroatoms. The fourth-order valence-corrected chi connectivity index (χ4v) is 4.23. The van der Waals surface area contributed by atoms with E-state index in [-0.39, 0.29) is 0 Å². The third-order valence-electron chi connectivity index (χ3n) is 5.65. The fourth-order valence-electron chi connectivity index (χ4n) is 4.23. The van der Waals surface area contributed by atoms with Crippen LogP contribution in [0.5, 0.6) is 0 Å². The first-order valence-corrected chi connectivity index (χ1v) is 8.42. The van der Waals surface area contributed by atoms with Crippen molar-refractivity contribution in [2.75, 3.05) is 20.6 Å². The van der Waals surface area contributed by atoms with Gasteiger partial charge < -0.3 is 10.2 Å². The number of nitrogens with one attached hydrogen (secondary N) is 1. The standard InChI is InChI=1S/C17H36N2/c1-7-17(8-2,19(5)6)16(18-9-3)15-12-10-14(4)11-13-15/h14-16,18H,7-13H2,1-6H3. The normalized spacial score (nSPS) is 26.7. The Hall–Kier alpha value is -0.0800. The Kier molecular flexibility index (Phi) is 6.82. The minimum atomic E-state index is 0.321. The Bertz CT molecular complexity index is 238. The zero-order valence-electron chi connectivity index (χ0n) is 14.1. The molecule has 0 radical (unpaired) electrons. The molecule has 1 unspecified atom stereocenters. The zero-order chi connectivity index (χ0) is 14.5. The quantitative estimate of drug-likeness (QED) is 0.753. The van der Waals surface area contributed by atoms with Crippen LogP contribution in [-0.2, 0) is 0 Å². The molecule has 0 bridgehead atoms. The molecule has 1 aliphatic carbocycles. The van der Waals surface area contributed by atoms with Crippen LogP contribution in [0.3, 0.4) is 0 Å². The van der Waals surface area contributed by atoms with Crippen LogP contribution in [-0.4, -0.2) is 37.1 Å². The van der Waals surface area contributed by atoms with Crippen LogP contribution in [0, 0.1) is 11.8 Å². The van der Waals surface area contributed by atoms with E-state index in [1.54, 1.807) is 0 Å². The smallest absolute Gasteiger partial charge is 0.0353 e. The predicted octanol–water partition coefficient (Wildman–Crippen LogP) is 3.91. The lowest BCUT2D eigenvalue weighted by atomic mass is 9.70. The zero-order valence-corrected chi connectivity index (χ0v) is 14.1. The van der Waals surface area contributed by atoms with Gasteiger partial charge in [-0.1, -0.05) is 40.5 Å². The molecule has 0 spiro atoms. The molecule has 0 aromatic carbocycles. The van der Waals surface area contributed by atoms with E-state index >= 15 is 0 Å². The van der Waals surface area contributed by atoms with Crippen molar-refractivity contribution in [3.63, 3.8) is 0 Å². The van der Waals surface area contributed by atoms with E-state index in [1.807, 2.05) is 0 Å². The van der Waals surface area contributed by atoms with Gasteiger partial charge in [0.25, 0.3) is 0 Å². The second kappa shape index (κ2) is 7.64. The maximum atomic E-state index is 3.85. The molecule has 1 rings (SSSR count). The van der Waals surface area contributed by atoms with Crippen molar-refractivity contribution < 1.29 is 0 Å². The van der Waals surface area contributed by atoms with Crippen LogP contribution < -0.4 is 5.32 Å². The van der Waals surface area contributed by atoms with Crippen molar-refractivity contribution in [2.24, 2.45) is 11.8 Å². The van der Waals surface area contributed by atoms with Gasteiger partial charge >= 0.3 is 0 Å². The molecule has 0 heterocycles. The Morgan fingerprint density at radius 3 is 1.95 bits per heavy atom. The van der Waals surface area contributed by atoms with E-state index in [0.29, 0.717) is 11.6 Å². The number of hydrogen-bond donors (Lipinski definition) is 1. The van der Waals surface area contributed by atoms with Crippen LogP contribution in [0.15, 0.2) is 0 Å². The second-order valence-corrected chi connectivity index (χ2v) is 6.76. The molecule has 19 heavy (non-hydrogen) atoms. The molecule has 2 nitrogen and oxygen atoms in total. The van der Waals surface area contributed by atoms with Crippen molar-refractivity contribution >= 4 is 0 Å². The molecule has 1 saturated carbocycles. The SMILES string of the molecule is CCNC(C1CCC(C)CC1)C(CC)(CC)N(C)C. The van der Waals surface area contributed by atoms with Crippen molar-refractivity contribution in [2.45, 2.75) is 77.8 Å². The van der Waals surface area contributed by atoms with E-state index in [0.717, 1.165) is 18.4 Å². The summed E-state index contributed by atoms with van der Waals surface area (Å²) in [6.45, 7) is 10.5. The lowest BCUT2D eigenvalue weighted by Crippen LogP contribution is -2.61. The molecule has 1 fully saturated rings. The Morgan fingerprint density at radius 2 is 1.58 bits per heavy atom. The first kappa shape index (κ1) is 17.0. The van der Waals surface area contributed by atoms with Crippen LogP contribution >= 0.6 is 0 Å². The maximum absolute atomic E-state index is 3.85. The summed E-state index contributed by atoms with van der Waals surface area (Å²) in [6.07, 6.45) is 8.14. The highest BCUT2D eigenvalue weighted by atomic mass is 15.2. The summed E-state index contributed by atoms with van der Waals surface area (Å²) in [4.78, 5) is 2.48. The van der Waals surface area contributed by atoms with Crippen molar-refractivity contribution in [1.82, 2.24) is 10.2 Å². The van der Waals surface area contributed by atoms with Crippen molar-refractivity contribution in [3.8, 4) is 0 Å². The van der Waals surface area contributed by atoms with E-state index in [1.165, 1.54) is 38.5 Å². The summed E-state index contributed by atoms with van der Waals surface area (Å²) in [7, 11) is 4.53. The van der Waals surface area contributed by atoms with E-state index in [4.69, 9.17) is 0 Å². The van der Waals surface area contributed by atoms with Gasteiger partial charge in [-0.25, -0.2) is 0 Å². The summed E-state index contributed by atoms with van der Waals surface area (Å²) in [5.74, 6) is 1.80. The average molecular weight is 268 g/mol. The van der Waals surface area contributed by atoms with Gasteiger partial charge in [-0.2, -0.15) is 0 Å². The first-order chi connectivity index (χ1) is 9.01. The van der Waals surface area contributed by atoms with E-state index < -0.39 is 0 Å². The number of nitrogens with zero attached hydrogens (tertiary/aromatic N) is 1. The molecule has 0 aliphatic heterocycles. The second-order valence-electron chi connectivity index (χ2n) is 6.76. The molecule has 1 atom stereocenters. The lowest BCUT2D eigenvalue weighted by Gasteiger charge is -2.50. The monoisotopic (exact) mass is 268 g/mol. The third kappa shape index (κ3) is 3.72. The topological polar surface area (TPSA) is 15.3 Å². The predicted molar refractivity (Wildman–Crippen MR) is 85.6 cm³/mol. The van der Waals surface area contributed by atoms with E-state index in [9.17, 15) is 0 Å². The number of likely N-dealkylation sites (N-methyl/N-ethyl adjacent to an activating group) is 2. The van der Waals surface area contributed by atoms with Gasteiger partial charge in [-0.3, -0.25) is 0 Å². The molecular weight excluding hydrogens is 232 g/mol. The number of hydrogen-bond acceptors (Lipinski definition) is 2. The van der Waals surface area contributed by atoms with E-state index in [2.05, 4.69) is 52.0 Å². The van der Waals surface area contributed by atoms with Gasteiger partial charge in [0, 0.05) is 11.6 Å². The highest BCUT2D eigenvalue weighted by Crippen LogP contribution is 2.38. The summed E-state index contributed by atoms with van der Waals surface area (Å²) in [6, 6.07) is 0.648. The Labute approximate surface area is 121 Å². The summed E-state index contributed by atoms with van der Waals surface area (Å²) in [5.41, 5.74) is 0.321. The molecule has 0 aromatic heterocycles. The molecule has 114 valence electrons. The third-order valence-corrected chi connectivity index (χ3v) is 5.65. The summed E-state index contributed by atoms with van der Waals surface area (Å²) >= 11 is 0. The van der Waals surface area contributed by atoms with Crippen molar-refractivity contribution in [3.05, 3.63) is 0 Å². The maximum Gasteiger partial charge on any atom is 0.0353 e. The Morgan fingerprint density at radius 1 is 1.05 bits per heavy atom. The van der Waals surface area contributed by atoms with Gasteiger partial charge in [0.15, 0.2) is 0 Å². The minimum absolute atomic E-state index is 0.321. The van der Waals surface area contributed by atoms with Crippen molar-refractivity contribution in [1.29, 1.82) is 0 Å². The molecule has 0 aromatic rings. The van der Waals surface area contributed by atoms with Gasteiger partial charge in [-0.05, 0) is 58.2 Å². The summed E-state index contributed by atoms with van der Waals surface area (Å²) < 4.78 is 0. The van der Waals surface area contributed by atoms with Crippen LogP contribution in [0.4, 0.5) is 0 Å². The van der Waals surface area contributed by atoms with Gasteiger partial charge in [0.2, 0.25) is 0 Å². The highest BCUT2D eigenvalue weighted by Gasteiger charge is 2.42. The van der Waals surface area contributed by atoms with Gasteiger partial charge in [-0.15, -0.1) is 0 Å². The van der Waals surface area contributed by atoms with Crippen LogP contribution in [0.25, 0.3) is 0 Å². The first-order valence-electron chi connectivity index (χ1n) is 8.42. The van der Waals surface area contributed by atoms with Crippen LogP contribution in [0.1, 0.15) is 66.2 Å². The number of rotatable bonds is 7. The largest absolute Gasteiger partial charge is 0.312 e. The molecule has 1 N–H and O–H groups in total. The average Bonchev–Trinajstić information content (AvgIpc) is 2.40. The van der Waals surface area contributed by atoms with Gasteiger partial charge in [0.05, 0.1) is 0 Å². The highest BCUT2D eigenvalue weighted by molar-refractivity contribution is 5.01. The lowest BCUT2D eigenvalue weighted by molar-refractivity contribution is 0.0450. The summed E-state index contributed by atoms with van der Waals surface area (Å²) in [5, 5.41) is 3.85. The van der Waals surface area contributed by atoms with Crippen LogP contribution in [0.2, 0.25) is 0 Å². The minimum Gasteiger partial charge on any atom is -0.312 e.